The highest BCUT2D eigenvalue weighted by Gasteiger charge is 2.30. The maximum Gasteiger partial charge on any atom is 0.416 e. The number of carbonyl (C=O) groups excluding carboxylic acids is 1. The number of carbonyl (C=O) groups is 1. The number of thiophene rings is 1. The lowest BCUT2D eigenvalue weighted by atomic mass is 10.1. The Hall–Kier alpha value is -2.68. The molecule has 3 rings (SSSR count). The van der Waals surface area contributed by atoms with Crippen molar-refractivity contribution in [1.29, 1.82) is 0 Å². The second-order valence-corrected chi connectivity index (χ2v) is 5.79. The number of alkyl halides is 3. The lowest BCUT2D eigenvalue weighted by Crippen LogP contribution is -2.23. The molecular weight excluding hydrogens is 341 g/mol. The number of benzene rings is 1. The Balaban J connectivity index is 1.66. The van der Waals surface area contributed by atoms with Crippen molar-refractivity contribution in [1.82, 2.24) is 20.3 Å². The van der Waals surface area contributed by atoms with E-state index in [0.717, 1.165) is 17.1 Å². The van der Waals surface area contributed by atoms with Gasteiger partial charge in [-0.05, 0) is 35.7 Å². The van der Waals surface area contributed by atoms with E-state index in [4.69, 9.17) is 0 Å². The van der Waals surface area contributed by atoms with Crippen LogP contribution >= 0.6 is 11.3 Å². The number of amides is 1. The molecule has 0 aliphatic rings. The SMILES string of the molecule is O=C(NCc1cn(-c2cccs2)nn1)c1cccc(C(F)(F)F)c1. The van der Waals surface area contributed by atoms with Gasteiger partial charge in [0.2, 0.25) is 0 Å². The second kappa shape index (κ2) is 6.44. The lowest BCUT2D eigenvalue weighted by molar-refractivity contribution is -0.137. The van der Waals surface area contributed by atoms with Gasteiger partial charge >= 0.3 is 6.18 Å². The van der Waals surface area contributed by atoms with Crippen molar-refractivity contribution in [2.24, 2.45) is 0 Å². The van der Waals surface area contributed by atoms with Crippen LogP contribution in [0.1, 0.15) is 21.6 Å². The van der Waals surface area contributed by atoms with Gasteiger partial charge in [0, 0.05) is 5.56 Å². The summed E-state index contributed by atoms with van der Waals surface area (Å²) in [5.41, 5.74) is -0.419. The first kappa shape index (κ1) is 16.2. The zero-order valence-corrected chi connectivity index (χ0v) is 12.9. The highest BCUT2D eigenvalue weighted by atomic mass is 32.1. The van der Waals surface area contributed by atoms with E-state index in [2.05, 4.69) is 15.6 Å². The van der Waals surface area contributed by atoms with E-state index in [0.29, 0.717) is 5.69 Å². The number of aromatic nitrogens is 3. The molecule has 1 N–H and O–H groups in total. The Morgan fingerprint density at radius 2 is 2.08 bits per heavy atom. The van der Waals surface area contributed by atoms with Gasteiger partial charge in [0.15, 0.2) is 0 Å². The van der Waals surface area contributed by atoms with E-state index in [1.54, 1.807) is 10.9 Å². The smallest absolute Gasteiger partial charge is 0.346 e. The minimum absolute atomic E-state index is 0.0597. The summed E-state index contributed by atoms with van der Waals surface area (Å²) < 4.78 is 39.6. The summed E-state index contributed by atoms with van der Waals surface area (Å²) in [6.45, 7) is 0.0699. The van der Waals surface area contributed by atoms with Crippen molar-refractivity contribution < 1.29 is 18.0 Å². The molecular formula is C15H11F3N4OS. The molecule has 2 heterocycles. The molecule has 0 radical (unpaired) electrons. The summed E-state index contributed by atoms with van der Waals surface area (Å²) >= 11 is 1.48. The first-order chi connectivity index (χ1) is 11.4. The van der Waals surface area contributed by atoms with Gasteiger partial charge in [0.1, 0.15) is 10.7 Å². The Morgan fingerprint density at radius 3 is 2.79 bits per heavy atom. The third-order valence-corrected chi connectivity index (χ3v) is 4.01. The summed E-state index contributed by atoms with van der Waals surface area (Å²) in [4.78, 5) is 12.0. The van der Waals surface area contributed by atoms with Crippen LogP contribution in [0.5, 0.6) is 0 Å². The standard InChI is InChI=1S/C15H11F3N4OS/c16-15(17,18)11-4-1-3-10(7-11)14(23)19-8-12-9-22(21-20-12)13-5-2-6-24-13/h1-7,9H,8H2,(H,19,23). The zero-order chi connectivity index (χ0) is 17.2. The Bertz CT molecular complexity index is 843. The first-order valence-electron chi connectivity index (χ1n) is 6.84. The van der Waals surface area contributed by atoms with Crippen molar-refractivity contribution >= 4 is 17.2 Å². The van der Waals surface area contributed by atoms with E-state index in [-0.39, 0.29) is 12.1 Å². The molecule has 0 spiro atoms. The third kappa shape index (κ3) is 3.62. The van der Waals surface area contributed by atoms with Crippen LogP contribution in [0.25, 0.3) is 5.00 Å². The highest BCUT2D eigenvalue weighted by Crippen LogP contribution is 2.29. The average Bonchev–Trinajstić information content (AvgIpc) is 3.23. The van der Waals surface area contributed by atoms with E-state index >= 15 is 0 Å². The fraction of sp³-hybridized carbons (Fsp3) is 0.133. The van der Waals surface area contributed by atoms with Gasteiger partial charge < -0.3 is 5.32 Å². The van der Waals surface area contributed by atoms with Crippen LogP contribution in [0.2, 0.25) is 0 Å². The molecule has 0 unspecified atom stereocenters. The maximum atomic E-state index is 12.7. The van der Waals surface area contributed by atoms with Crippen LogP contribution in [0.4, 0.5) is 13.2 Å². The number of rotatable bonds is 4. The quantitative estimate of drug-likeness (QED) is 0.784. The van der Waals surface area contributed by atoms with Crippen molar-refractivity contribution in [3.05, 3.63) is 64.8 Å². The molecule has 2 aromatic heterocycles. The molecule has 1 aromatic carbocycles. The molecule has 24 heavy (non-hydrogen) atoms. The van der Waals surface area contributed by atoms with Crippen molar-refractivity contribution in [2.75, 3.05) is 0 Å². The molecule has 1 amide bonds. The molecule has 0 bridgehead atoms. The monoisotopic (exact) mass is 352 g/mol. The summed E-state index contributed by atoms with van der Waals surface area (Å²) in [6.07, 6.45) is -2.84. The first-order valence-corrected chi connectivity index (χ1v) is 7.72. The van der Waals surface area contributed by atoms with Crippen molar-refractivity contribution in [3.8, 4) is 5.00 Å². The van der Waals surface area contributed by atoms with E-state index in [1.165, 1.54) is 23.5 Å². The molecule has 0 atom stereocenters. The minimum atomic E-state index is -4.49. The van der Waals surface area contributed by atoms with Crippen LogP contribution in [-0.2, 0) is 12.7 Å². The molecule has 124 valence electrons. The van der Waals surface area contributed by atoms with Crippen LogP contribution in [0, 0.1) is 0 Å². The molecule has 0 aliphatic heterocycles. The summed E-state index contributed by atoms with van der Waals surface area (Å²) in [6, 6.07) is 8.00. The fourth-order valence-corrected chi connectivity index (χ4v) is 2.65. The van der Waals surface area contributed by atoms with Gasteiger partial charge in [0.25, 0.3) is 5.91 Å². The molecule has 9 heteroatoms. The third-order valence-electron chi connectivity index (χ3n) is 3.15. The van der Waals surface area contributed by atoms with Crippen LogP contribution in [-0.4, -0.2) is 20.9 Å². The molecule has 0 fully saturated rings. The van der Waals surface area contributed by atoms with Gasteiger partial charge in [-0.25, -0.2) is 4.68 Å². The Labute approximate surface area is 138 Å². The normalized spacial score (nSPS) is 11.5. The molecule has 0 saturated heterocycles. The summed E-state index contributed by atoms with van der Waals surface area (Å²) in [5.74, 6) is -0.605. The molecule has 0 aliphatic carbocycles. The van der Waals surface area contributed by atoms with Crippen molar-refractivity contribution in [3.63, 3.8) is 0 Å². The maximum absolute atomic E-state index is 12.7. The predicted molar refractivity (Wildman–Crippen MR) is 81.9 cm³/mol. The van der Waals surface area contributed by atoms with Crippen molar-refractivity contribution in [2.45, 2.75) is 12.7 Å². The zero-order valence-electron chi connectivity index (χ0n) is 12.1. The summed E-state index contributed by atoms with van der Waals surface area (Å²) in [5, 5.41) is 13.2. The Morgan fingerprint density at radius 1 is 1.25 bits per heavy atom. The second-order valence-electron chi connectivity index (χ2n) is 4.87. The Kier molecular flexibility index (Phi) is 4.34. The fourth-order valence-electron chi connectivity index (χ4n) is 2.00. The number of nitrogens with zero attached hydrogens (tertiary/aromatic N) is 3. The van der Waals surface area contributed by atoms with E-state index in [9.17, 15) is 18.0 Å². The van der Waals surface area contributed by atoms with Gasteiger partial charge in [-0.1, -0.05) is 11.3 Å². The average molecular weight is 352 g/mol. The predicted octanol–water partition coefficient (Wildman–Crippen LogP) is 3.28. The number of nitrogens with one attached hydrogen (secondary N) is 1. The van der Waals surface area contributed by atoms with E-state index in [1.807, 2.05) is 17.5 Å². The number of halogens is 3. The van der Waals surface area contributed by atoms with Crippen LogP contribution in [0.15, 0.2) is 48.0 Å². The molecule has 3 aromatic rings. The number of hydrogen-bond donors (Lipinski definition) is 1. The van der Waals surface area contributed by atoms with E-state index < -0.39 is 17.6 Å². The highest BCUT2D eigenvalue weighted by molar-refractivity contribution is 7.12. The topological polar surface area (TPSA) is 59.8 Å². The molecule has 0 saturated carbocycles. The van der Waals surface area contributed by atoms with Gasteiger partial charge in [-0.15, -0.1) is 16.4 Å². The van der Waals surface area contributed by atoms with Crippen LogP contribution < -0.4 is 5.32 Å². The van der Waals surface area contributed by atoms with Gasteiger partial charge in [-0.2, -0.15) is 13.2 Å². The van der Waals surface area contributed by atoms with Gasteiger partial charge in [0.05, 0.1) is 18.3 Å². The largest absolute Gasteiger partial charge is 0.416 e. The van der Waals surface area contributed by atoms with Gasteiger partial charge in [-0.3, -0.25) is 4.79 Å². The summed E-state index contributed by atoms with van der Waals surface area (Å²) in [7, 11) is 0. The molecule has 5 nitrogen and oxygen atoms in total. The lowest BCUT2D eigenvalue weighted by Gasteiger charge is -2.08. The number of hydrogen-bond acceptors (Lipinski definition) is 4. The van der Waals surface area contributed by atoms with Crippen LogP contribution in [0.3, 0.4) is 0 Å². The minimum Gasteiger partial charge on any atom is -0.346 e.